The molecule has 92 valence electrons. The van der Waals surface area contributed by atoms with Gasteiger partial charge in [-0.3, -0.25) is 0 Å². The molecule has 1 aromatic rings. The zero-order valence-corrected chi connectivity index (χ0v) is 11.1. The lowest BCUT2D eigenvalue weighted by Gasteiger charge is -2.03. The van der Waals surface area contributed by atoms with Crippen molar-refractivity contribution in [1.82, 2.24) is 10.3 Å². The number of ether oxygens (including phenoxy) is 1. The van der Waals surface area contributed by atoms with Crippen LogP contribution in [0, 0.1) is 0 Å². The Hall–Kier alpha value is -0.450. The Morgan fingerprint density at radius 3 is 2.94 bits per heavy atom. The van der Waals surface area contributed by atoms with Gasteiger partial charge in [-0.05, 0) is 32.7 Å². The van der Waals surface area contributed by atoms with Gasteiger partial charge in [0.2, 0.25) is 0 Å². The Morgan fingerprint density at radius 2 is 2.25 bits per heavy atom. The molecule has 0 spiro atoms. The van der Waals surface area contributed by atoms with Crippen LogP contribution in [-0.2, 0) is 17.7 Å². The monoisotopic (exact) mass is 242 g/mol. The van der Waals surface area contributed by atoms with Crippen LogP contribution in [0.1, 0.15) is 36.6 Å². The summed E-state index contributed by atoms with van der Waals surface area (Å²) in [5.41, 5.74) is 0. The Kier molecular flexibility index (Phi) is 7.38. The van der Waals surface area contributed by atoms with Crippen molar-refractivity contribution in [3.63, 3.8) is 0 Å². The molecular weight excluding hydrogens is 220 g/mol. The van der Waals surface area contributed by atoms with E-state index in [1.54, 1.807) is 11.3 Å². The van der Waals surface area contributed by atoms with Crippen LogP contribution in [0.2, 0.25) is 0 Å². The number of nitrogens with one attached hydrogen (secondary N) is 1. The van der Waals surface area contributed by atoms with E-state index < -0.39 is 0 Å². The van der Waals surface area contributed by atoms with Crippen molar-refractivity contribution in [2.45, 2.75) is 39.7 Å². The molecule has 0 bridgehead atoms. The minimum Gasteiger partial charge on any atom is -0.382 e. The molecule has 0 atom stereocenters. The molecule has 0 saturated carbocycles. The summed E-state index contributed by atoms with van der Waals surface area (Å²) in [7, 11) is 0. The fraction of sp³-hybridized carbons (Fsp3) is 0.750. The van der Waals surface area contributed by atoms with E-state index in [-0.39, 0.29) is 0 Å². The van der Waals surface area contributed by atoms with Crippen molar-refractivity contribution >= 4 is 11.3 Å². The third kappa shape index (κ3) is 5.58. The van der Waals surface area contributed by atoms with E-state index in [9.17, 15) is 0 Å². The van der Waals surface area contributed by atoms with Gasteiger partial charge in [0.25, 0.3) is 0 Å². The van der Waals surface area contributed by atoms with Crippen LogP contribution >= 0.6 is 11.3 Å². The predicted molar refractivity (Wildman–Crippen MR) is 68.9 cm³/mol. The lowest BCUT2D eigenvalue weighted by molar-refractivity contribution is 0.143. The second kappa shape index (κ2) is 8.67. The SMILES string of the molecule is CCOCCCCNCc1cnc(CC)s1. The van der Waals surface area contributed by atoms with Gasteiger partial charge in [0.1, 0.15) is 0 Å². The van der Waals surface area contributed by atoms with Crippen LogP contribution in [0.15, 0.2) is 6.20 Å². The molecule has 16 heavy (non-hydrogen) atoms. The van der Waals surface area contributed by atoms with Gasteiger partial charge in [0.15, 0.2) is 0 Å². The van der Waals surface area contributed by atoms with E-state index in [1.165, 1.54) is 16.3 Å². The van der Waals surface area contributed by atoms with Crippen molar-refractivity contribution in [2.75, 3.05) is 19.8 Å². The standard InChI is InChI=1S/C12H22N2OS/c1-3-12-14-10-11(16-12)9-13-7-5-6-8-15-4-2/h10,13H,3-9H2,1-2H3. The summed E-state index contributed by atoms with van der Waals surface area (Å²) in [5.74, 6) is 0. The van der Waals surface area contributed by atoms with Gasteiger partial charge in [-0.1, -0.05) is 6.92 Å². The summed E-state index contributed by atoms with van der Waals surface area (Å²) in [5, 5.41) is 4.66. The molecule has 0 aliphatic rings. The first kappa shape index (κ1) is 13.6. The highest BCUT2D eigenvalue weighted by atomic mass is 32.1. The van der Waals surface area contributed by atoms with Gasteiger partial charge >= 0.3 is 0 Å². The van der Waals surface area contributed by atoms with Crippen molar-refractivity contribution in [2.24, 2.45) is 0 Å². The Bertz CT molecular complexity index is 276. The van der Waals surface area contributed by atoms with E-state index in [0.29, 0.717) is 0 Å². The van der Waals surface area contributed by atoms with Crippen LogP contribution in [0.5, 0.6) is 0 Å². The highest BCUT2D eigenvalue weighted by molar-refractivity contribution is 7.11. The molecule has 0 amide bonds. The van der Waals surface area contributed by atoms with Crippen LogP contribution in [0.3, 0.4) is 0 Å². The Balaban J connectivity index is 1.98. The van der Waals surface area contributed by atoms with Crippen LogP contribution < -0.4 is 5.32 Å². The lowest BCUT2D eigenvalue weighted by Crippen LogP contribution is -2.14. The lowest BCUT2D eigenvalue weighted by atomic mass is 10.3. The molecule has 0 saturated heterocycles. The van der Waals surface area contributed by atoms with E-state index in [1.807, 2.05) is 13.1 Å². The molecule has 3 nitrogen and oxygen atoms in total. The second-order valence-electron chi connectivity index (χ2n) is 3.65. The molecular formula is C12H22N2OS. The van der Waals surface area contributed by atoms with Crippen LogP contribution in [-0.4, -0.2) is 24.7 Å². The average molecular weight is 242 g/mol. The number of rotatable bonds is 9. The smallest absolute Gasteiger partial charge is 0.0925 e. The first-order valence-electron chi connectivity index (χ1n) is 6.08. The van der Waals surface area contributed by atoms with E-state index in [0.717, 1.165) is 39.1 Å². The maximum atomic E-state index is 5.28. The van der Waals surface area contributed by atoms with Crippen LogP contribution in [0.25, 0.3) is 0 Å². The minimum atomic E-state index is 0.827. The largest absolute Gasteiger partial charge is 0.382 e. The van der Waals surface area contributed by atoms with Crippen LogP contribution in [0.4, 0.5) is 0 Å². The van der Waals surface area contributed by atoms with E-state index in [4.69, 9.17) is 4.74 Å². The van der Waals surface area contributed by atoms with Crippen molar-refractivity contribution in [3.05, 3.63) is 16.1 Å². The van der Waals surface area contributed by atoms with E-state index in [2.05, 4.69) is 17.2 Å². The molecule has 0 fully saturated rings. The highest BCUT2D eigenvalue weighted by Crippen LogP contribution is 2.12. The molecule has 0 aromatic carbocycles. The molecule has 0 unspecified atom stereocenters. The average Bonchev–Trinajstić information content (AvgIpc) is 2.76. The summed E-state index contributed by atoms with van der Waals surface area (Å²) in [6, 6.07) is 0. The number of aromatic nitrogens is 1. The zero-order valence-electron chi connectivity index (χ0n) is 10.3. The fourth-order valence-electron chi connectivity index (χ4n) is 1.40. The summed E-state index contributed by atoms with van der Waals surface area (Å²) >= 11 is 1.81. The van der Waals surface area contributed by atoms with Crippen molar-refractivity contribution in [3.8, 4) is 0 Å². The normalized spacial score (nSPS) is 10.9. The topological polar surface area (TPSA) is 34.1 Å². The van der Waals surface area contributed by atoms with Crippen molar-refractivity contribution < 1.29 is 4.74 Å². The van der Waals surface area contributed by atoms with Gasteiger partial charge < -0.3 is 10.1 Å². The van der Waals surface area contributed by atoms with Gasteiger partial charge in [0, 0.05) is 30.8 Å². The maximum Gasteiger partial charge on any atom is 0.0925 e. The first-order chi connectivity index (χ1) is 7.86. The molecule has 1 N–H and O–H groups in total. The second-order valence-corrected chi connectivity index (χ2v) is 4.85. The molecule has 1 aromatic heterocycles. The van der Waals surface area contributed by atoms with Gasteiger partial charge in [0.05, 0.1) is 5.01 Å². The zero-order chi connectivity index (χ0) is 11.6. The van der Waals surface area contributed by atoms with Gasteiger partial charge in [-0.2, -0.15) is 0 Å². The highest BCUT2D eigenvalue weighted by Gasteiger charge is 1.98. The quantitative estimate of drug-likeness (QED) is 0.676. The maximum absolute atomic E-state index is 5.28. The van der Waals surface area contributed by atoms with E-state index >= 15 is 0 Å². The fourth-order valence-corrected chi connectivity index (χ4v) is 2.24. The molecule has 1 rings (SSSR count). The molecule has 0 aliphatic carbocycles. The summed E-state index contributed by atoms with van der Waals surface area (Å²) < 4.78 is 5.28. The third-order valence-electron chi connectivity index (χ3n) is 2.30. The molecule has 1 heterocycles. The molecule has 0 aliphatic heterocycles. The number of aryl methyl sites for hydroxylation is 1. The summed E-state index contributed by atoms with van der Waals surface area (Å²) in [6.07, 6.45) is 5.35. The number of hydrogen-bond acceptors (Lipinski definition) is 4. The van der Waals surface area contributed by atoms with Crippen molar-refractivity contribution in [1.29, 1.82) is 0 Å². The third-order valence-corrected chi connectivity index (χ3v) is 3.44. The first-order valence-corrected chi connectivity index (χ1v) is 6.90. The number of nitrogens with zero attached hydrogens (tertiary/aromatic N) is 1. The van der Waals surface area contributed by atoms with Gasteiger partial charge in [-0.15, -0.1) is 11.3 Å². The summed E-state index contributed by atoms with van der Waals surface area (Å²) in [4.78, 5) is 5.67. The number of thiazole rings is 1. The summed E-state index contributed by atoms with van der Waals surface area (Å²) in [6.45, 7) is 7.91. The molecule has 0 radical (unpaired) electrons. The molecule has 4 heteroatoms. The minimum absolute atomic E-state index is 0.827. The number of hydrogen-bond donors (Lipinski definition) is 1. The predicted octanol–water partition coefficient (Wildman–Crippen LogP) is 2.61. The van der Waals surface area contributed by atoms with Gasteiger partial charge in [-0.25, -0.2) is 4.98 Å². The Labute approximate surface area is 102 Å². The number of unbranched alkanes of at least 4 members (excludes halogenated alkanes) is 1. The Morgan fingerprint density at radius 1 is 1.38 bits per heavy atom.